The Bertz CT molecular complexity index is 1860. The van der Waals surface area contributed by atoms with Crippen molar-refractivity contribution in [1.29, 1.82) is 0 Å². The van der Waals surface area contributed by atoms with E-state index in [-0.39, 0.29) is 31.1 Å². The van der Waals surface area contributed by atoms with Gasteiger partial charge in [-0.1, -0.05) is 24.3 Å². The van der Waals surface area contributed by atoms with Crippen LogP contribution in [0.25, 0.3) is 0 Å². The van der Waals surface area contributed by atoms with E-state index in [1.807, 2.05) is 12.2 Å². The van der Waals surface area contributed by atoms with Gasteiger partial charge in [0, 0.05) is 0 Å². The molecule has 0 aliphatic carbocycles. The van der Waals surface area contributed by atoms with Crippen LogP contribution in [-0.4, -0.2) is 25.2 Å². The molecule has 3 aromatic rings. The summed E-state index contributed by atoms with van der Waals surface area (Å²) >= 11 is 0. The first kappa shape index (κ1) is 43.6. The number of allylic oxidation sites excluding steroid dienone is 3. The summed E-state index contributed by atoms with van der Waals surface area (Å²) < 4.78 is 183. The van der Waals surface area contributed by atoms with Crippen molar-refractivity contribution in [3.63, 3.8) is 0 Å². The highest BCUT2D eigenvalue weighted by atomic mass is 19.4. The summed E-state index contributed by atoms with van der Waals surface area (Å²) in [4.78, 5) is 26.8. The molecule has 3 aromatic carbocycles. The molecule has 2 bridgehead atoms. The number of carbonyl (C=O) groups is 2. The summed E-state index contributed by atoms with van der Waals surface area (Å²) in [5.41, 5.74) is -8.08. The second-order valence-electron chi connectivity index (χ2n) is 12.5. The topological polar surface area (TPSA) is 71.1 Å². The number of hydrogen-bond acceptors (Lipinski definition) is 6. The van der Waals surface area contributed by atoms with Gasteiger partial charge in [0.2, 0.25) is 0 Å². The Balaban J connectivity index is 1.70. The second kappa shape index (κ2) is 17.7. The van der Waals surface area contributed by atoms with Crippen LogP contribution in [0.1, 0.15) is 92.6 Å². The average Bonchev–Trinajstić information content (AvgIpc) is 3.10. The lowest BCUT2D eigenvalue weighted by Gasteiger charge is -2.18. The van der Waals surface area contributed by atoms with Crippen LogP contribution in [0, 0.1) is 0 Å². The van der Waals surface area contributed by atoms with Crippen LogP contribution in [0.5, 0.6) is 11.5 Å². The zero-order chi connectivity index (χ0) is 41.5. The van der Waals surface area contributed by atoms with Gasteiger partial charge >= 0.3 is 36.6 Å². The molecule has 18 heteroatoms. The van der Waals surface area contributed by atoms with Crippen molar-refractivity contribution in [3.8, 4) is 11.5 Å². The maximum atomic E-state index is 13.4. The predicted molar refractivity (Wildman–Crippen MR) is 175 cm³/mol. The number of benzene rings is 3. The van der Waals surface area contributed by atoms with E-state index < -0.39 is 100 Å². The van der Waals surface area contributed by atoms with Crippen molar-refractivity contribution in [1.82, 2.24) is 0 Å². The van der Waals surface area contributed by atoms with E-state index in [9.17, 15) is 62.3 Å². The maximum absolute atomic E-state index is 13.4. The van der Waals surface area contributed by atoms with Crippen LogP contribution in [0.4, 0.5) is 52.7 Å². The molecule has 0 spiro atoms. The molecule has 56 heavy (non-hydrogen) atoms. The van der Waals surface area contributed by atoms with Crippen LogP contribution >= 0.6 is 0 Å². The number of alkyl halides is 12. The van der Waals surface area contributed by atoms with Crippen LogP contribution in [-0.2, 0) is 47.4 Å². The first-order valence-electron chi connectivity index (χ1n) is 16.7. The van der Waals surface area contributed by atoms with Gasteiger partial charge in [0.1, 0.15) is 35.8 Å². The predicted octanol–water partition coefficient (Wildman–Crippen LogP) is 11.7. The number of hydrogen-bond donors (Lipinski definition) is 0. The van der Waals surface area contributed by atoms with Crippen molar-refractivity contribution in [2.45, 2.75) is 76.4 Å². The minimum absolute atomic E-state index is 0.100. The molecule has 0 N–H and O–H groups in total. The molecule has 2 heterocycles. The molecular weight excluding hydrogens is 780 g/mol. The SMILES string of the molecule is C=C1/C=C/CCCCOc2cc(C(=O)OCc3cc(C(F)(F)F)cc(C(F)(F)F)c3)c(cc2C(=O)OCc2cc(C(F)(F)F)cc(C(F)(F)F)c2)OCCCC1. The quantitative estimate of drug-likeness (QED) is 0.182. The molecule has 0 fully saturated rings. The molecular formula is C38H32F12O6. The van der Waals surface area contributed by atoms with Crippen molar-refractivity contribution in [2.75, 3.05) is 13.2 Å². The van der Waals surface area contributed by atoms with E-state index in [1.165, 1.54) is 0 Å². The minimum atomic E-state index is -5.18. The first-order chi connectivity index (χ1) is 26.0. The number of rotatable bonds is 6. The Kier molecular flexibility index (Phi) is 13.8. The van der Waals surface area contributed by atoms with Crippen LogP contribution in [0.15, 0.2) is 72.8 Å². The fraction of sp³-hybridized carbons (Fsp3) is 0.368. The highest BCUT2D eigenvalue weighted by Gasteiger charge is 2.38. The average molecular weight is 813 g/mol. The van der Waals surface area contributed by atoms with Crippen LogP contribution < -0.4 is 9.47 Å². The van der Waals surface area contributed by atoms with Gasteiger partial charge in [0.15, 0.2) is 0 Å². The van der Waals surface area contributed by atoms with E-state index >= 15 is 0 Å². The van der Waals surface area contributed by atoms with Crippen molar-refractivity contribution < 1.29 is 81.2 Å². The Labute approximate surface area is 311 Å². The first-order valence-corrected chi connectivity index (χ1v) is 16.7. The fourth-order valence-corrected chi connectivity index (χ4v) is 5.29. The van der Waals surface area contributed by atoms with Gasteiger partial charge in [-0.25, -0.2) is 9.59 Å². The number of fused-ring (bicyclic) bond motifs is 13. The largest absolute Gasteiger partial charge is 0.493 e. The van der Waals surface area contributed by atoms with E-state index in [0.29, 0.717) is 62.8 Å². The van der Waals surface area contributed by atoms with Gasteiger partial charge < -0.3 is 18.9 Å². The molecule has 2 aliphatic rings. The summed E-state index contributed by atoms with van der Waals surface area (Å²) in [6.45, 7) is 1.61. The third-order valence-corrected chi connectivity index (χ3v) is 8.08. The molecule has 0 aromatic heterocycles. The molecule has 0 radical (unpaired) electrons. The Hall–Kier alpha value is -5.16. The molecule has 0 atom stereocenters. The monoisotopic (exact) mass is 812 g/mol. The van der Waals surface area contributed by atoms with Gasteiger partial charge in [-0.05, 0) is 98.2 Å². The molecule has 0 unspecified atom stereocenters. The Morgan fingerprint density at radius 1 is 0.554 bits per heavy atom. The summed E-state index contributed by atoms with van der Waals surface area (Å²) in [7, 11) is 0. The van der Waals surface area contributed by atoms with Gasteiger partial charge in [-0.2, -0.15) is 52.7 Å². The van der Waals surface area contributed by atoms with E-state index in [0.717, 1.165) is 17.7 Å². The summed E-state index contributed by atoms with van der Waals surface area (Å²) in [6.07, 6.45) is -14.0. The lowest BCUT2D eigenvalue weighted by Crippen LogP contribution is -2.15. The maximum Gasteiger partial charge on any atom is 0.416 e. The highest BCUT2D eigenvalue weighted by Crippen LogP contribution is 2.39. The third-order valence-electron chi connectivity index (χ3n) is 8.08. The number of esters is 2. The van der Waals surface area contributed by atoms with Crippen molar-refractivity contribution in [3.05, 3.63) is 117 Å². The summed E-state index contributed by atoms with van der Waals surface area (Å²) in [5, 5.41) is 0. The molecule has 0 saturated carbocycles. The van der Waals surface area contributed by atoms with E-state index in [2.05, 4.69) is 6.58 Å². The Morgan fingerprint density at radius 3 is 1.30 bits per heavy atom. The van der Waals surface area contributed by atoms with Crippen LogP contribution in [0.3, 0.4) is 0 Å². The van der Waals surface area contributed by atoms with Gasteiger partial charge in [0.25, 0.3) is 0 Å². The zero-order valence-corrected chi connectivity index (χ0v) is 29.0. The smallest absolute Gasteiger partial charge is 0.416 e. The minimum Gasteiger partial charge on any atom is -0.493 e. The fourth-order valence-electron chi connectivity index (χ4n) is 5.29. The molecule has 0 saturated heterocycles. The van der Waals surface area contributed by atoms with Gasteiger partial charge in [-0.15, -0.1) is 0 Å². The molecule has 5 rings (SSSR count). The standard InChI is InChI=1S/C38H32F12O6/c1-22-8-4-2-3-6-10-53-31-18-30(34(52)56-21-24-14-27(37(45,46)47)17-28(15-24)38(48,49)50)32(54-11-7-5-9-22)19-29(31)33(51)55-20-23-12-25(35(39,40)41)16-26(13-23)36(42,43)44/h4,8,12-19H,1-3,5-7,9-11,20-21H2/b8-4+. The second-order valence-corrected chi connectivity index (χ2v) is 12.5. The van der Waals surface area contributed by atoms with Gasteiger partial charge in [-0.3, -0.25) is 0 Å². The van der Waals surface area contributed by atoms with Gasteiger partial charge in [0.05, 0.1) is 35.5 Å². The normalized spacial score (nSPS) is 15.7. The summed E-state index contributed by atoms with van der Waals surface area (Å²) in [6, 6.07) is 3.13. The number of halogens is 12. The van der Waals surface area contributed by atoms with Crippen molar-refractivity contribution in [2.24, 2.45) is 0 Å². The van der Waals surface area contributed by atoms with Crippen molar-refractivity contribution >= 4 is 11.9 Å². The lowest BCUT2D eigenvalue weighted by atomic mass is 10.0. The zero-order valence-electron chi connectivity index (χ0n) is 29.0. The Morgan fingerprint density at radius 2 is 0.929 bits per heavy atom. The highest BCUT2D eigenvalue weighted by molar-refractivity contribution is 5.98. The lowest BCUT2D eigenvalue weighted by molar-refractivity contribution is -0.144. The molecule has 2 aliphatic heterocycles. The van der Waals surface area contributed by atoms with Crippen LogP contribution in [0.2, 0.25) is 0 Å². The number of ether oxygens (including phenoxy) is 4. The third kappa shape index (κ3) is 12.4. The molecule has 6 nitrogen and oxygen atoms in total. The molecule has 304 valence electrons. The molecule has 0 amide bonds. The van der Waals surface area contributed by atoms with E-state index in [1.54, 1.807) is 0 Å². The van der Waals surface area contributed by atoms with E-state index in [4.69, 9.17) is 18.9 Å². The summed E-state index contributed by atoms with van der Waals surface area (Å²) in [5.74, 6) is -3.43. The number of carbonyl (C=O) groups excluding carboxylic acids is 2.